The Morgan fingerprint density at radius 1 is 1.33 bits per heavy atom. The molecule has 1 saturated carbocycles. The van der Waals surface area contributed by atoms with Gasteiger partial charge in [-0.2, -0.15) is 0 Å². The Kier molecular flexibility index (Phi) is 5.14. The number of carbonyl (C=O) groups is 2. The molecule has 0 heterocycles. The third-order valence-electron chi connectivity index (χ3n) is 3.76. The normalized spacial score (nSPS) is 28.2. The summed E-state index contributed by atoms with van der Waals surface area (Å²) < 4.78 is 0. The molecule has 5 heteroatoms. The Morgan fingerprint density at radius 3 is 2.39 bits per heavy atom. The summed E-state index contributed by atoms with van der Waals surface area (Å²) in [4.78, 5) is 25.1. The van der Waals surface area contributed by atoms with Crippen molar-refractivity contribution in [1.29, 1.82) is 0 Å². The smallest absolute Gasteiger partial charge is 0.237 e. The second kappa shape index (κ2) is 6.18. The zero-order valence-corrected chi connectivity index (χ0v) is 11.6. The summed E-state index contributed by atoms with van der Waals surface area (Å²) in [5, 5.41) is 0. The van der Waals surface area contributed by atoms with Crippen LogP contribution >= 0.6 is 0 Å². The number of hydrogen-bond acceptors (Lipinski definition) is 3. The Morgan fingerprint density at radius 2 is 1.94 bits per heavy atom. The lowest BCUT2D eigenvalue weighted by atomic mass is 9.77. The largest absolute Gasteiger partial charge is 0.368 e. The molecule has 0 bridgehead atoms. The first-order chi connectivity index (χ1) is 8.32. The van der Waals surface area contributed by atoms with Gasteiger partial charge in [-0.25, -0.2) is 0 Å². The van der Waals surface area contributed by atoms with Gasteiger partial charge < -0.3 is 16.4 Å². The third kappa shape index (κ3) is 3.70. The second-order valence-corrected chi connectivity index (χ2v) is 5.68. The van der Waals surface area contributed by atoms with Crippen LogP contribution in [0.2, 0.25) is 0 Å². The number of carbonyl (C=O) groups excluding carboxylic acids is 2. The van der Waals surface area contributed by atoms with Gasteiger partial charge in [-0.05, 0) is 39.0 Å². The van der Waals surface area contributed by atoms with E-state index in [2.05, 4.69) is 6.92 Å². The lowest BCUT2D eigenvalue weighted by Gasteiger charge is -2.36. The SMILES string of the molecule is CC1CC(N)CCC1C(=O)N(CC(N)=O)C(C)C. The summed E-state index contributed by atoms with van der Waals surface area (Å²) in [5.74, 6) is -0.164. The summed E-state index contributed by atoms with van der Waals surface area (Å²) in [6.07, 6.45) is 2.56. The van der Waals surface area contributed by atoms with Gasteiger partial charge in [0.15, 0.2) is 0 Å². The molecule has 0 aromatic carbocycles. The van der Waals surface area contributed by atoms with Crippen LogP contribution in [0.25, 0.3) is 0 Å². The maximum atomic E-state index is 12.5. The zero-order chi connectivity index (χ0) is 13.9. The minimum Gasteiger partial charge on any atom is -0.368 e. The third-order valence-corrected chi connectivity index (χ3v) is 3.76. The van der Waals surface area contributed by atoms with Crippen molar-refractivity contribution in [2.24, 2.45) is 23.3 Å². The van der Waals surface area contributed by atoms with Gasteiger partial charge >= 0.3 is 0 Å². The number of nitrogens with zero attached hydrogens (tertiary/aromatic N) is 1. The van der Waals surface area contributed by atoms with Gasteiger partial charge in [0.25, 0.3) is 0 Å². The standard InChI is InChI=1S/C13H25N3O2/c1-8(2)16(7-12(15)17)13(18)11-5-4-10(14)6-9(11)3/h8-11H,4-7,14H2,1-3H3,(H2,15,17). The molecule has 1 aliphatic carbocycles. The summed E-state index contributed by atoms with van der Waals surface area (Å²) in [5.41, 5.74) is 11.1. The first-order valence-electron chi connectivity index (χ1n) is 6.67. The Labute approximate surface area is 109 Å². The summed E-state index contributed by atoms with van der Waals surface area (Å²) in [7, 11) is 0. The molecule has 0 aromatic rings. The van der Waals surface area contributed by atoms with E-state index >= 15 is 0 Å². The van der Waals surface area contributed by atoms with Crippen LogP contribution in [0.4, 0.5) is 0 Å². The van der Waals surface area contributed by atoms with Crippen LogP contribution in [0.1, 0.15) is 40.0 Å². The molecule has 18 heavy (non-hydrogen) atoms. The van der Waals surface area contributed by atoms with Crippen LogP contribution < -0.4 is 11.5 Å². The summed E-state index contributed by atoms with van der Waals surface area (Å²) in [6, 6.07) is 0.195. The number of rotatable bonds is 4. The summed E-state index contributed by atoms with van der Waals surface area (Å²) in [6.45, 7) is 5.87. The van der Waals surface area contributed by atoms with Crippen molar-refractivity contribution in [3.8, 4) is 0 Å². The molecule has 1 rings (SSSR count). The fraction of sp³-hybridized carbons (Fsp3) is 0.846. The number of hydrogen-bond donors (Lipinski definition) is 2. The average molecular weight is 255 g/mol. The first kappa shape index (κ1) is 15.0. The van der Waals surface area contributed by atoms with E-state index in [4.69, 9.17) is 11.5 Å². The molecular weight excluding hydrogens is 230 g/mol. The van der Waals surface area contributed by atoms with Crippen LogP contribution in [0, 0.1) is 11.8 Å². The predicted octanol–water partition coefficient (Wildman–Crippen LogP) is 0.472. The topological polar surface area (TPSA) is 89.4 Å². The van der Waals surface area contributed by atoms with E-state index < -0.39 is 5.91 Å². The van der Waals surface area contributed by atoms with E-state index in [-0.39, 0.29) is 36.4 Å². The highest BCUT2D eigenvalue weighted by Gasteiger charge is 2.34. The molecular formula is C13H25N3O2. The van der Waals surface area contributed by atoms with Gasteiger partial charge in [-0.1, -0.05) is 6.92 Å². The molecule has 0 aliphatic heterocycles. The van der Waals surface area contributed by atoms with Gasteiger partial charge in [-0.15, -0.1) is 0 Å². The van der Waals surface area contributed by atoms with Crippen LogP contribution in [-0.4, -0.2) is 35.3 Å². The van der Waals surface area contributed by atoms with Gasteiger partial charge in [-0.3, -0.25) is 9.59 Å². The first-order valence-corrected chi connectivity index (χ1v) is 6.67. The lowest BCUT2D eigenvalue weighted by molar-refractivity contribution is -0.143. The van der Waals surface area contributed by atoms with Crippen molar-refractivity contribution in [3.05, 3.63) is 0 Å². The second-order valence-electron chi connectivity index (χ2n) is 5.68. The number of primary amides is 1. The number of nitrogens with two attached hydrogens (primary N) is 2. The highest BCUT2D eigenvalue weighted by atomic mass is 16.2. The molecule has 2 amide bonds. The van der Waals surface area contributed by atoms with Crippen LogP contribution in [0.15, 0.2) is 0 Å². The van der Waals surface area contributed by atoms with E-state index in [1.165, 1.54) is 0 Å². The Hall–Kier alpha value is -1.10. The maximum absolute atomic E-state index is 12.5. The van der Waals surface area contributed by atoms with Gasteiger partial charge in [0.1, 0.15) is 0 Å². The van der Waals surface area contributed by atoms with E-state index in [1.807, 2.05) is 13.8 Å². The number of amides is 2. The fourth-order valence-corrected chi connectivity index (χ4v) is 2.70. The lowest BCUT2D eigenvalue weighted by Crippen LogP contribution is -2.48. The predicted molar refractivity (Wildman–Crippen MR) is 70.5 cm³/mol. The van der Waals surface area contributed by atoms with Crippen molar-refractivity contribution < 1.29 is 9.59 Å². The average Bonchev–Trinajstić information content (AvgIpc) is 2.24. The van der Waals surface area contributed by atoms with Crippen LogP contribution in [0.5, 0.6) is 0 Å². The molecule has 0 aromatic heterocycles. The Bertz CT molecular complexity index is 317. The van der Waals surface area contributed by atoms with Crippen molar-refractivity contribution in [3.63, 3.8) is 0 Å². The van der Waals surface area contributed by atoms with Crippen LogP contribution in [-0.2, 0) is 9.59 Å². The maximum Gasteiger partial charge on any atom is 0.237 e. The minimum absolute atomic E-state index is 0.00573. The Balaban J connectivity index is 2.73. The van der Waals surface area contributed by atoms with E-state index in [9.17, 15) is 9.59 Å². The molecule has 3 atom stereocenters. The van der Waals surface area contributed by atoms with Gasteiger partial charge in [0.2, 0.25) is 11.8 Å². The van der Waals surface area contributed by atoms with E-state index in [0.29, 0.717) is 0 Å². The van der Waals surface area contributed by atoms with Crippen molar-refractivity contribution >= 4 is 11.8 Å². The minimum atomic E-state index is -0.461. The molecule has 1 aliphatic rings. The quantitative estimate of drug-likeness (QED) is 0.765. The molecule has 4 N–H and O–H groups in total. The fourth-order valence-electron chi connectivity index (χ4n) is 2.70. The van der Waals surface area contributed by atoms with Crippen molar-refractivity contribution in [2.45, 2.75) is 52.1 Å². The molecule has 0 spiro atoms. The van der Waals surface area contributed by atoms with Crippen LogP contribution in [0.3, 0.4) is 0 Å². The highest BCUT2D eigenvalue weighted by Crippen LogP contribution is 2.30. The van der Waals surface area contributed by atoms with Crippen molar-refractivity contribution in [1.82, 2.24) is 4.90 Å². The zero-order valence-electron chi connectivity index (χ0n) is 11.6. The van der Waals surface area contributed by atoms with Crippen molar-refractivity contribution in [2.75, 3.05) is 6.54 Å². The molecule has 1 fully saturated rings. The molecule has 104 valence electrons. The monoisotopic (exact) mass is 255 g/mol. The summed E-state index contributed by atoms with van der Waals surface area (Å²) >= 11 is 0. The highest BCUT2D eigenvalue weighted by molar-refractivity contribution is 5.85. The molecule has 0 radical (unpaired) electrons. The van der Waals surface area contributed by atoms with E-state index in [0.717, 1.165) is 19.3 Å². The molecule has 0 saturated heterocycles. The molecule has 3 unspecified atom stereocenters. The van der Waals surface area contributed by atoms with Gasteiger partial charge in [0.05, 0.1) is 6.54 Å². The molecule has 5 nitrogen and oxygen atoms in total. The van der Waals surface area contributed by atoms with E-state index in [1.54, 1.807) is 4.90 Å². The van der Waals surface area contributed by atoms with Gasteiger partial charge in [0, 0.05) is 18.0 Å².